The van der Waals surface area contributed by atoms with Crippen LogP contribution in [-0.4, -0.2) is 52.7 Å². The van der Waals surface area contributed by atoms with Gasteiger partial charge in [0.15, 0.2) is 0 Å². The van der Waals surface area contributed by atoms with Crippen molar-refractivity contribution in [2.75, 3.05) is 13.7 Å². The number of hydrogen-bond donors (Lipinski definition) is 2. The molecule has 0 spiro atoms. The first kappa shape index (κ1) is 15.6. The number of β-amino-alcohol motifs (C(OH)–C–C–N with tert-alkyl or cyclic N) is 1. The van der Waals surface area contributed by atoms with Crippen LogP contribution in [0.4, 0.5) is 0 Å². The third kappa shape index (κ3) is 3.07. The van der Waals surface area contributed by atoms with E-state index in [4.69, 9.17) is 4.74 Å². The maximum Gasteiger partial charge on any atom is 0.328 e. The first-order valence-corrected chi connectivity index (χ1v) is 7.70. The summed E-state index contributed by atoms with van der Waals surface area (Å²) >= 11 is 0. The number of amides is 1. The molecule has 2 heterocycles. The summed E-state index contributed by atoms with van der Waals surface area (Å²) in [6.45, 7) is 0.187. The van der Waals surface area contributed by atoms with Crippen molar-refractivity contribution in [2.45, 2.75) is 31.4 Å². The molecule has 6 heteroatoms. The van der Waals surface area contributed by atoms with E-state index in [9.17, 15) is 14.7 Å². The summed E-state index contributed by atoms with van der Waals surface area (Å²) in [7, 11) is 1.29. The number of ether oxygens (including phenoxy) is 1. The minimum Gasteiger partial charge on any atom is -0.467 e. The lowest BCUT2D eigenvalue weighted by atomic mass is 10.1. The summed E-state index contributed by atoms with van der Waals surface area (Å²) in [5.41, 5.74) is 2.11. The van der Waals surface area contributed by atoms with Crippen LogP contribution in [0.15, 0.2) is 30.5 Å². The van der Waals surface area contributed by atoms with E-state index in [1.807, 2.05) is 30.5 Å². The third-order valence-corrected chi connectivity index (χ3v) is 4.36. The Morgan fingerprint density at radius 1 is 1.39 bits per heavy atom. The maximum atomic E-state index is 12.4. The molecule has 23 heavy (non-hydrogen) atoms. The number of fused-ring (bicyclic) bond motifs is 1. The Kier molecular flexibility index (Phi) is 4.34. The summed E-state index contributed by atoms with van der Waals surface area (Å²) in [4.78, 5) is 28.8. The quantitative estimate of drug-likeness (QED) is 0.831. The lowest BCUT2D eigenvalue weighted by Gasteiger charge is -2.22. The fourth-order valence-electron chi connectivity index (χ4n) is 3.17. The molecule has 6 nitrogen and oxygen atoms in total. The number of rotatable bonds is 4. The second-order valence-corrected chi connectivity index (χ2v) is 5.83. The number of carbonyl (C=O) groups is 2. The smallest absolute Gasteiger partial charge is 0.328 e. The number of nitrogens with zero attached hydrogens (tertiary/aromatic N) is 1. The van der Waals surface area contributed by atoms with Gasteiger partial charge in [0, 0.05) is 36.5 Å². The highest BCUT2D eigenvalue weighted by Gasteiger charge is 2.39. The Morgan fingerprint density at radius 3 is 2.96 bits per heavy atom. The van der Waals surface area contributed by atoms with Gasteiger partial charge in [-0.05, 0) is 18.1 Å². The molecule has 0 unspecified atom stereocenters. The van der Waals surface area contributed by atoms with Gasteiger partial charge >= 0.3 is 5.97 Å². The molecule has 1 saturated heterocycles. The van der Waals surface area contributed by atoms with Gasteiger partial charge in [-0.1, -0.05) is 18.2 Å². The number of likely N-dealkylation sites (tertiary alicyclic amines) is 1. The van der Waals surface area contributed by atoms with Gasteiger partial charge in [-0.2, -0.15) is 0 Å². The number of esters is 1. The van der Waals surface area contributed by atoms with Crippen LogP contribution >= 0.6 is 0 Å². The van der Waals surface area contributed by atoms with Gasteiger partial charge in [-0.3, -0.25) is 4.79 Å². The Labute approximate surface area is 134 Å². The van der Waals surface area contributed by atoms with E-state index in [0.29, 0.717) is 12.8 Å². The summed E-state index contributed by atoms with van der Waals surface area (Å²) in [6, 6.07) is 7.25. The second kappa shape index (κ2) is 6.42. The first-order valence-electron chi connectivity index (χ1n) is 7.70. The molecule has 2 atom stereocenters. The van der Waals surface area contributed by atoms with Gasteiger partial charge in [0.1, 0.15) is 6.04 Å². The van der Waals surface area contributed by atoms with Gasteiger partial charge < -0.3 is 19.7 Å². The van der Waals surface area contributed by atoms with Crippen LogP contribution in [0.3, 0.4) is 0 Å². The summed E-state index contributed by atoms with van der Waals surface area (Å²) in [5, 5.41) is 10.9. The molecule has 2 N–H and O–H groups in total. The van der Waals surface area contributed by atoms with E-state index in [-0.39, 0.29) is 18.9 Å². The van der Waals surface area contributed by atoms with Gasteiger partial charge in [0.2, 0.25) is 5.91 Å². The molecular weight excluding hydrogens is 296 g/mol. The molecule has 122 valence electrons. The fraction of sp³-hybridized carbons (Fsp3) is 0.412. The van der Waals surface area contributed by atoms with Crippen LogP contribution in [0.5, 0.6) is 0 Å². The Balaban J connectivity index is 1.68. The van der Waals surface area contributed by atoms with Crippen molar-refractivity contribution in [1.29, 1.82) is 0 Å². The first-order chi connectivity index (χ1) is 11.1. The van der Waals surface area contributed by atoms with Gasteiger partial charge in [0.05, 0.1) is 13.2 Å². The molecular formula is C17H20N2O4. The van der Waals surface area contributed by atoms with Crippen LogP contribution in [0.25, 0.3) is 10.9 Å². The van der Waals surface area contributed by atoms with Gasteiger partial charge in [0.25, 0.3) is 0 Å². The van der Waals surface area contributed by atoms with E-state index in [1.165, 1.54) is 12.0 Å². The number of hydrogen-bond acceptors (Lipinski definition) is 4. The molecule has 1 fully saturated rings. The van der Waals surface area contributed by atoms with Crippen molar-refractivity contribution in [1.82, 2.24) is 9.88 Å². The molecule has 3 rings (SSSR count). The lowest BCUT2D eigenvalue weighted by Crippen LogP contribution is -2.41. The number of nitrogens with one attached hydrogen (secondary N) is 1. The fourth-order valence-corrected chi connectivity index (χ4v) is 3.17. The van der Waals surface area contributed by atoms with Crippen molar-refractivity contribution in [3.05, 3.63) is 36.0 Å². The number of benzene rings is 1. The average Bonchev–Trinajstić information content (AvgIpc) is 3.15. The van der Waals surface area contributed by atoms with Crippen molar-refractivity contribution in [2.24, 2.45) is 0 Å². The normalized spacial score (nSPS) is 20.9. The number of aliphatic hydroxyl groups is 1. The Bertz CT molecular complexity index is 724. The van der Waals surface area contributed by atoms with Crippen LogP contribution < -0.4 is 0 Å². The van der Waals surface area contributed by atoms with E-state index < -0.39 is 18.1 Å². The molecule has 2 aromatic rings. The third-order valence-electron chi connectivity index (χ3n) is 4.36. The van der Waals surface area contributed by atoms with Gasteiger partial charge in [-0.25, -0.2) is 4.79 Å². The number of aromatic amines is 1. The Morgan fingerprint density at radius 2 is 2.17 bits per heavy atom. The molecule has 1 amide bonds. The summed E-state index contributed by atoms with van der Waals surface area (Å²) < 4.78 is 4.72. The average molecular weight is 316 g/mol. The number of aryl methyl sites for hydroxylation is 1. The van der Waals surface area contributed by atoms with Crippen LogP contribution in [0, 0.1) is 0 Å². The largest absolute Gasteiger partial charge is 0.467 e. The van der Waals surface area contributed by atoms with E-state index in [0.717, 1.165) is 16.5 Å². The standard InChI is InChI=1S/C17H20N2O4/c1-23-17(22)15-8-12(20)10-19(15)16(21)7-6-11-9-18-14-5-3-2-4-13(11)14/h2-5,9,12,15,18,20H,6-8,10H2,1H3/t12-,15+/m1/s1. The molecule has 1 aliphatic rings. The number of carbonyl (C=O) groups excluding carboxylic acids is 2. The number of methoxy groups -OCH3 is 1. The zero-order valence-electron chi connectivity index (χ0n) is 13.0. The molecule has 1 aromatic heterocycles. The van der Waals surface area contributed by atoms with Crippen molar-refractivity contribution in [3.63, 3.8) is 0 Å². The monoisotopic (exact) mass is 316 g/mol. The second-order valence-electron chi connectivity index (χ2n) is 5.83. The Hall–Kier alpha value is -2.34. The highest BCUT2D eigenvalue weighted by atomic mass is 16.5. The zero-order chi connectivity index (χ0) is 16.4. The molecule has 1 aromatic carbocycles. The SMILES string of the molecule is COC(=O)[C@@H]1C[C@@H](O)CN1C(=O)CCc1c[nH]c2ccccc12. The topological polar surface area (TPSA) is 82.6 Å². The number of H-pyrrole nitrogens is 1. The van der Waals surface area contributed by atoms with E-state index in [1.54, 1.807) is 0 Å². The molecule has 0 aliphatic carbocycles. The maximum absolute atomic E-state index is 12.4. The van der Waals surface area contributed by atoms with Crippen LogP contribution in [0.2, 0.25) is 0 Å². The molecule has 0 saturated carbocycles. The minimum absolute atomic E-state index is 0.137. The highest BCUT2D eigenvalue weighted by molar-refractivity contribution is 5.87. The van der Waals surface area contributed by atoms with Crippen LogP contribution in [0.1, 0.15) is 18.4 Å². The predicted octanol–water partition coefficient (Wildman–Crippen LogP) is 1.24. The molecule has 0 bridgehead atoms. The highest BCUT2D eigenvalue weighted by Crippen LogP contribution is 2.23. The molecule has 0 radical (unpaired) electrons. The van der Waals surface area contributed by atoms with Gasteiger partial charge in [-0.15, -0.1) is 0 Å². The predicted molar refractivity (Wildman–Crippen MR) is 84.8 cm³/mol. The zero-order valence-corrected chi connectivity index (χ0v) is 13.0. The lowest BCUT2D eigenvalue weighted by molar-refractivity contribution is -0.150. The summed E-state index contributed by atoms with van der Waals surface area (Å²) in [5.74, 6) is -0.607. The van der Waals surface area contributed by atoms with Crippen LogP contribution in [-0.2, 0) is 20.7 Å². The van der Waals surface area contributed by atoms with Crippen molar-refractivity contribution >= 4 is 22.8 Å². The van der Waals surface area contributed by atoms with Crippen molar-refractivity contribution in [3.8, 4) is 0 Å². The number of aromatic nitrogens is 1. The minimum atomic E-state index is -0.675. The van der Waals surface area contributed by atoms with E-state index in [2.05, 4.69) is 4.98 Å². The van der Waals surface area contributed by atoms with E-state index >= 15 is 0 Å². The molecule has 1 aliphatic heterocycles. The number of aliphatic hydroxyl groups excluding tert-OH is 1. The summed E-state index contributed by atoms with van der Waals surface area (Å²) in [6.07, 6.45) is 2.36. The number of para-hydroxylation sites is 1. The van der Waals surface area contributed by atoms with Crippen molar-refractivity contribution < 1.29 is 19.4 Å².